The van der Waals surface area contributed by atoms with Gasteiger partial charge in [-0.3, -0.25) is 4.90 Å². The van der Waals surface area contributed by atoms with Gasteiger partial charge in [0, 0.05) is 20.1 Å². The smallest absolute Gasteiger partial charge is 0.123 e. The Morgan fingerprint density at radius 3 is 2.77 bits per heavy atom. The highest BCUT2D eigenvalue weighted by atomic mass is 16.3. The lowest BCUT2D eigenvalue weighted by atomic mass is 9.97. The second kappa shape index (κ2) is 5.23. The predicted octanol–water partition coefficient (Wildman–Crippen LogP) is 2.62. The summed E-state index contributed by atoms with van der Waals surface area (Å²) in [5.41, 5.74) is 4.44. The predicted molar refractivity (Wildman–Crippen MR) is 86.2 cm³/mol. The molecule has 4 nitrogen and oxygen atoms in total. The van der Waals surface area contributed by atoms with Crippen LogP contribution in [0, 0.1) is 0 Å². The molecule has 0 saturated heterocycles. The van der Waals surface area contributed by atoms with Gasteiger partial charge >= 0.3 is 0 Å². The molecular weight excluding hydrogens is 274 g/mol. The highest BCUT2D eigenvalue weighted by Gasteiger charge is 2.24. The van der Waals surface area contributed by atoms with Gasteiger partial charge in [0.2, 0.25) is 0 Å². The van der Waals surface area contributed by atoms with Crippen molar-refractivity contribution in [3.8, 4) is 0 Å². The van der Waals surface area contributed by atoms with Crippen molar-refractivity contribution in [2.24, 2.45) is 7.05 Å². The lowest BCUT2D eigenvalue weighted by Crippen LogP contribution is -2.33. The van der Waals surface area contributed by atoms with Crippen LogP contribution in [0.3, 0.4) is 0 Å². The van der Waals surface area contributed by atoms with Gasteiger partial charge in [-0.1, -0.05) is 36.4 Å². The fourth-order valence-corrected chi connectivity index (χ4v) is 3.31. The van der Waals surface area contributed by atoms with Crippen LogP contribution in [-0.4, -0.2) is 26.1 Å². The summed E-state index contributed by atoms with van der Waals surface area (Å²) in [4.78, 5) is 6.99. The summed E-state index contributed by atoms with van der Waals surface area (Å²) in [5, 5.41) is 10.4. The molecule has 112 valence electrons. The largest absolute Gasteiger partial charge is 0.387 e. The summed E-state index contributed by atoms with van der Waals surface area (Å²) in [6.07, 6.45) is -0.417. The van der Waals surface area contributed by atoms with Crippen LogP contribution in [-0.2, 0) is 20.1 Å². The van der Waals surface area contributed by atoms with Crippen molar-refractivity contribution in [1.29, 1.82) is 0 Å². The maximum Gasteiger partial charge on any atom is 0.123 e. The first-order valence-electron chi connectivity index (χ1n) is 7.61. The zero-order chi connectivity index (χ0) is 15.1. The van der Waals surface area contributed by atoms with Crippen molar-refractivity contribution in [2.75, 3.05) is 6.54 Å². The van der Waals surface area contributed by atoms with Gasteiger partial charge in [0.1, 0.15) is 5.82 Å². The fraction of sp³-hybridized carbons (Fsp3) is 0.278. The van der Waals surface area contributed by atoms with Gasteiger partial charge in [-0.15, -0.1) is 0 Å². The zero-order valence-corrected chi connectivity index (χ0v) is 12.6. The number of para-hydroxylation sites is 2. The van der Waals surface area contributed by atoms with Crippen LogP contribution < -0.4 is 0 Å². The number of aromatic nitrogens is 2. The summed E-state index contributed by atoms with van der Waals surface area (Å²) in [7, 11) is 2.05. The van der Waals surface area contributed by atoms with Crippen molar-refractivity contribution in [3.05, 3.63) is 65.5 Å². The monoisotopic (exact) mass is 293 g/mol. The highest BCUT2D eigenvalue weighted by Crippen LogP contribution is 2.27. The average Bonchev–Trinajstić information content (AvgIpc) is 2.84. The van der Waals surface area contributed by atoms with E-state index in [9.17, 15) is 5.11 Å². The minimum absolute atomic E-state index is 0.417. The Morgan fingerprint density at radius 2 is 1.91 bits per heavy atom. The Labute approximate surface area is 129 Å². The van der Waals surface area contributed by atoms with E-state index < -0.39 is 6.10 Å². The van der Waals surface area contributed by atoms with Crippen molar-refractivity contribution in [1.82, 2.24) is 14.5 Å². The SMILES string of the molecule is Cn1c(CN2Cc3ccccc3[C@@H](O)C2)nc2ccccc21. The van der Waals surface area contributed by atoms with Gasteiger partial charge < -0.3 is 9.67 Å². The molecule has 1 aliphatic rings. The topological polar surface area (TPSA) is 41.3 Å². The summed E-state index contributed by atoms with van der Waals surface area (Å²) in [6, 6.07) is 16.3. The number of aliphatic hydroxyl groups excluding tert-OH is 1. The number of aliphatic hydroxyl groups is 1. The highest BCUT2D eigenvalue weighted by molar-refractivity contribution is 5.75. The van der Waals surface area contributed by atoms with Crippen LogP contribution in [0.15, 0.2) is 48.5 Å². The van der Waals surface area contributed by atoms with Gasteiger partial charge in [-0.25, -0.2) is 4.98 Å². The molecular formula is C18H19N3O. The van der Waals surface area contributed by atoms with Gasteiger partial charge in [-0.2, -0.15) is 0 Å². The Morgan fingerprint density at radius 1 is 1.14 bits per heavy atom. The molecule has 0 saturated carbocycles. The molecule has 0 aliphatic carbocycles. The summed E-state index contributed by atoms with van der Waals surface area (Å²) >= 11 is 0. The molecule has 1 atom stereocenters. The fourth-order valence-electron chi connectivity index (χ4n) is 3.31. The van der Waals surface area contributed by atoms with Crippen LogP contribution in [0.1, 0.15) is 23.1 Å². The Hall–Kier alpha value is -2.17. The normalized spacial score (nSPS) is 18.5. The van der Waals surface area contributed by atoms with Crippen LogP contribution in [0.25, 0.3) is 11.0 Å². The minimum Gasteiger partial charge on any atom is -0.387 e. The first-order valence-corrected chi connectivity index (χ1v) is 7.61. The van der Waals surface area contributed by atoms with Gasteiger partial charge in [0.15, 0.2) is 0 Å². The number of rotatable bonds is 2. The second-order valence-corrected chi connectivity index (χ2v) is 5.96. The van der Waals surface area contributed by atoms with E-state index in [4.69, 9.17) is 4.98 Å². The van der Waals surface area contributed by atoms with Crippen molar-refractivity contribution < 1.29 is 5.11 Å². The quantitative estimate of drug-likeness (QED) is 0.789. The van der Waals surface area contributed by atoms with Crippen molar-refractivity contribution >= 4 is 11.0 Å². The molecule has 0 amide bonds. The molecule has 2 aromatic carbocycles. The molecule has 1 aromatic heterocycles. The van der Waals surface area contributed by atoms with E-state index in [0.717, 1.165) is 35.5 Å². The third-order valence-corrected chi connectivity index (χ3v) is 4.48. The first kappa shape index (κ1) is 13.5. The Balaban J connectivity index is 1.62. The second-order valence-electron chi connectivity index (χ2n) is 5.96. The Bertz CT molecular complexity index is 824. The summed E-state index contributed by atoms with van der Waals surface area (Å²) < 4.78 is 2.14. The summed E-state index contributed by atoms with van der Waals surface area (Å²) in [5.74, 6) is 1.03. The molecule has 1 aliphatic heterocycles. The number of fused-ring (bicyclic) bond motifs is 2. The molecule has 0 unspecified atom stereocenters. The van der Waals surface area contributed by atoms with E-state index >= 15 is 0 Å². The standard InChI is InChI=1S/C18H19N3O/c1-20-16-9-5-4-8-15(16)19-18(20)12-21-10-13-6-2-3-7-14(13)17(22)11-21/h2-9,17,22H,10-12H2,1H3/t17-/m0/s1. The van der Waals surface area contributed by atoms with Crippen LogP contribution in [0.5, 0.6) is 0 Å². The van der Waals surface area contributed by atoms with Gasteiger partial charge in [0.05, 0.1) is 23.7 Å². The lowest BCUT2D eigenvalue weighted by Gasteiger charge is -2.31. The Kier molecular flexibility index (Phi) is 3.21. The molecule has 3 aromatic rings. The van der Waals surface area contributed by atoms with E-state index in [2.05, 4.69) is 28.6 Å². The third kappa shape index (κ3) is 2.21. The number of hydrogen-bond donors (Lipinski definition) is 1. The molecule has 4 heteroatoms. The maximum absolute atomic E-state index is 10.4. The molecule has 4 rings (SSSR count). The average molecular weight is 293 g/mol. The minimum atomic E-state index is -0.417. The van der Waals surface area contributed by atoms with Crippen LogP contribution in [0.2, 0.25) is 0 Å². The first-order chi connectivity index (χ1) is 10.7. The van der Waals surface area contributed by atoms with Gasteiger partial charge in [-0.05, 0) is 23.3 Å². The van der Waals surface area contributed by atoms with Crippen LogP contribution in [0.4, 0.5) is 0 Å². The number of nitrogens with zero attached hydrogens (tertiary/aromatic N) is 3. The molecule has 0 bridgehead atoms. The third-order valence-electron chi connectivity index (χ3n) is 4.48. The van der Waals surface area contributed by atoms with Crippen LogP contribution >= 0.6 is 0 Å². The molecule has 2 heterocycles. The maximum atomic E-state index is 10.4. The van der Waals surface area contributed by atoms with Gasteiger partial charge in [0.25, 0.3) is 0 Å². The summed E-state index contributed by atoms with van der Waals surface area (Å²) in [6.45, 7) is 2.26. The molecule has 1 N–H and O–H groups in total. The number of aryl methyl sites for hydroxylation is 1. The van der Waals surface area contributed by atoms with Crippen molar-refractivity contribution in [2.45, 2.75) is 19.2 Å². The lowest BCUT2D eigenvalue weighted by molar-refractivity contribution is 0.0862. The number of hydrogen-bond acceptors (Lipinski definition) is 3. The van der Waals surface area contributed by atoms with E-state index in [-0.39, 0.29) is 0 Å². The molecule has 22 heavy (non-hydrogen) atoms. The number of benzene rings is 2. The van der Waals surface area contributed by atoms with E-state index in [1.807, 2.05) is 36.4 Å². The number of β-amino-alcohol motifs (C(OH)–C–C–N with tert-alkyl or cyclic N) is 1. The van der Waals surface area contributed by atoms with E-state index in [1.54, 1.807) is 0 Å². The molecule has 0 fully saturated rings. The van der Waals surface area contributed by atoms with Crippen molar-refractivity contribution in [3.63, 3.8) is 0 Å². The zero-order valence-electron chi connectivity index (χ0n) is 12.6. The molecule has 0 spiro atoms. The van der Waals surface area contributed by atoms with E-state index in [1.165, 1.54) is 5.56 Å². The molecule has 0 radical (unpaired) electrons. The number of imidazole rings is 1. The van der Waals surface area contributed by atoms with E-state index in [0.29, 0.717) is 6.54 Å².